The Morgan fingerprint density at radius 2 is 1.88 bits per heavy atom. The van der Waals surface area contributed by atoms with E-state index in [0.29, 0.717) is 17.9 Å². The number of anilines is 1. The van der Waals surface area contributed by atoms with Gasteiger partial charge in [0.15, 0.2) is 0 Å². The lowest BCUT2D eigenvalue weighted by atomic mass is 10.1. The molecule has 8 heteroatoms. The molecule has 0 spiro atoms. The Bertz CT molecular complexity index is 1130. The Balaban J connectivity index is 2.09. The lowest BCUT2D eigenvalue weighted by Gasteiger charge is -2.08. The van der Waals surface area contributed by atoms with Gasteiger partial charge in [-0.2, -0.15) is 5.10 Å². The van der Waals surface area contributed by atoms with Gasteiger partial charge in [-0.05, 0) is 43.2 Å². The highest BCUT2D eigenvalue weighted by molar-refractivity contribution is 7.92. The lowest BCUT2D eigenvalue weighted by Crippen LogP contribution is -2.23. The van der Waals surface area contributed by atoms with E-state index in [4.69, 9.17) is 0 Å². The van der Waals surface area contributed by atoms with Crippen molar-refractivity contribution in [2.45, 2.75) is 32.1 Å². The molecule has 0 radical (unpaired) electrons. The van der Waals surface area contributed by atoms with E-state index in [0.717, 1.165) is 11.1 Å². The zero-order chi connectivity index (χ0) is 18.4. The number of fused-ring (bicyclic) bond motifs is 1. The maximum Gasteiger partial charge on any atom is 0.290 e. The summed E-state index contributed by atoms with van der Waals surface area (Å²) in [6.07, 6.45) is 2.01. The number of sulfonamides is 1. The third-order valence-electron chi connectivity index (χ3n) is 4.24. The van der Waals surface area contributed by atoms with Crippen molar-refractivity contribution in [1.29, 1.82) is 0 Å². The maximum atomic E-state index is 12.7. The Labute approximate surface area is 146 Å². The standard InChI is InChI=1S/C17H20N4O3S/c1-5-16-18-20(4)17(22)15-9-14(10-21(15)16)25(23,24)19-13-7-6-11(2)12(3)8-13/h6-10,19H,5H2,1-4H3. The van der Waals surface area contributed by atoms with E-state index in [1.807, 2.05) is 26.8 Å². The molecule has 0 aliphatic heterocycles. The second kappa shape index (κ2) is 6.03. The summed E-state index contributed by atoms with van der Waals surface area (Å²) >= 11 is 0. The van der Waals surface area contributed by atoms with Crippen molar-refractivity contribution in [1.82, 2.24) is 14.2 Å². The second-order valence-corrected chi connectivity index (χ2v) is 7.72. The largest absolute Gasteiger partial charge is 0.297 e. The van der Waals surface area contributed by atoms with Gasteiger partial charge in [-0.3, -0.25) is 13.9 Å². The Kier molecular flexibility index (Phi) is 4.16. The quantitative estimate of drug-likeness (QED) is 0.771. The van der Waals surface area contributed by atoms with Crippen molar-refractivity contribution >= 4 is 21.2 Å². The average molecular weight is 360 g/mol. The van der Waals surface area contributed by atoms with Crippen LogP contribution in [0.4, 0.5) is 5.69 Å². The van der Waals surface area contributed by atoms with Crippen molar-refractivity contribution in [2.24, 2.45) is 7.05 Å². The molecule has 0 fully saturated rings. The van der Waals surface area contributed by atoms with E-state index < -0.39 is 10.0 Å². The number of nitrogens with one attached hydrogen (secondary N) is 1. The van der Waals surface area contributed by atoms with Crippen LogP contribution in [0.1, 0.15) is 23.9 Å². The zero-order valence-corrected chi connectivity index (χ0v) is 15.4. The van der Waals surface area contributed by atoms with Crippen LogP contribution in [0.2, 0.25) is 0 Å². The van der Waals surface area contributed by atoms with Crippen molar-refractivity contribution < 1.29 is 8.42 Å². The number of aryl methyl sites for hydroxylation is 4. The van der Waals surface area contributed by atoms with Gasteiger partial charge in [0.1, 0.15) is 16.2 Å². The summed E-state index contributed by atoms with van der Waals surface area (Å²) in [7, 11) is -2.25. The molecule has 3 rings (SSSR count). The summed E-state index contributed by atoms with van der Waals surface area (Å²) in [5.74, 6) is 0.615. The Hall–Kier alpha value is -2.61. The molecule has 25 heavy (non-hydrogen) atoms. The topological polar surface area (TPSA) is 85.5 Å². The molecule has 2 aromatic heterocycles. The third kappa shape index (κ3) is 3.05. The Morgan fingerprint density at radius 3 is 2.52 bits per heavy atom. The summed E-state index contributed by atoms with van der Waals surface area (Å²) in [5, 5.41) is 4.17. The summed E-state index contributed by atoms with van der Waals surface area (Å²) < 4.78 is 30.7. The molecule has 0 bridgehead atoms. The average Bonchev–Trinajstić information content (AvgIpc) is 3.01. The van der Waals surface area contributed by atoms with Crippen molar-refractivity contribution in [3.05, 3.63) is 57.8 Å². The monoisotopic (exact) mass is 360 g/mol. The summed E-state index contributed by atoms with van der Waals surface area (Å²) in [4.78, 5) is 12.3. The summed E-state index contributed by atoms with van der Waals surface area (Å²) in [6.45, 7) is 5.78. The fourth-order valence-electron chi connectivity index (χ4n) is 2.66. The van der Waals surface area contributed by atoms with E-state index in [9.17, 15) is 13.2 Å². The van der Waals surface area contributed by atoms with Gasteiger partial charge in [-0.15, -0.1) is 0 Å². The van der Waals surface area contributed by atoms with Gasteiger partial charge in [-0.25, -0.2) is 13.1 Å². The van der Waals surface area contributed by atoms with E-state index in [-0.39, 0.29) is 16.0 Å². The van der Waals surface area contributed by atoms with Gasteiger partial charge in [0.05, 0.1) is 0 Å². The normalized spacial score (nSPS) is 11.8. The van der Waals surface area contributed by atoms with Gasteiger partial charge in [0.2, 0.25) is 0 Å². The highest BCUT2D eigenvalue weighted by Gasteiger charge is 2.20. The van der Waals surface area contributed by atoms with Gasteiger partial charge >= 0.3 is 0 Å². The first kappa shape index (κ1) is 17.2. The molecule has 1 N–H and O–H groups in total. The SMILES string of the molecule is CCc1nn(C)c(=O)c2cc(S(=O)(=O)Nc3ccc(C)c(C)c3)cn12. The van der Waals surface area contributed by atoms with Crippen LogP contribution in [0.5, 0.6) is 0 Å². The molecule has 0 aliphatic rings. The maximum absolute atomic E-state index is 12.7. The van der Waals surface area contributed by atoms with Gasteiger partial charge in [0.25, 0.3) is 15.6 Å². The van der Waals surface area contributed by atoms with E-state index in [1.54, 1.807) is 19.2 Å². The minimum absolute atomic E-state index is 0.0329. The van der Waals surface area contributed by atoms with Crippen LogP contribution in [0.25, 0.3) is 5.52 Å². The van der Waals surface area contributed by atoms with Gasteiger partial charge < -0.3 is 0 Å². The number of rotatable bonds is 4. The molecule has 0 amide bonds. The summed E-state index contributed by atoms with van der Waals surface area (Å²) in [6, 6.07) is 6.74. The lowest BCUT2D eigenvalue weighted by molar-refractivity contribution is 0.601. The van der Waals surface area contributed by atoms with E-state index >= 15 is 0 Å². The van der Waals surface area contributed by atoms with Crippen molar-refractivity contribution in [3.8, 4) is 0 Å². The van der Waals surface area contributed by atoms with Crippen LogP contribution >= 0.6 is 0 Å². The van der Waals surface area contributed by atoms with Gasteiger partial charge in [-0.1, -0.05) is 13.0 Å². The van der Waals surface area contributed by atoms with Crippen LogP contribution in [0.15, 0.2) is 40.2 Å². The van der Waals surface area contributed by atoms with Crippen LogP contribution in [-0.2, 0) is 23.5 Å². The molecule has 2 heterocycles. The molecular weight excluding hydrogens is 340 g/mol. The molecule has 0 unspecified atom stereocenters. The fraction of sp³-hybridized carbons (Fsp3) is 0.294. The second-order valence-electron chi connectivity index (χ2n) is 6.03. The highest BCUT2D eigenvalue weighted by Crippen LogP contribution is 2.20. The first-order chi connectivity index (χ1) is 11.7. The van der Waals surface area contributed by atoms with Crippen molar-refractivity contribution in [3.63, 3.8) is 0 Å². The smallest absolute Gasteiger partial charge is 0.290 e. The molecule has 132 valence electrons. The summed E-state index contributed by atoms with van der Waals surface area (Å²) in [5.41, 5.74) is 2.51. The first-order valence-corrected chi connectivity index (χ1v) is 9.39. The number of benzene rings is 1. The molecule has 0 saturated heterocycles. The van der Waals surface area contributed by atoms with Crippen LogP contribution in [0, 0.1) is 13.8 Å². The molecule has 7 nitrogen and oxygen atoms in total. The molecule has 0 saturated carbocycles. The van der Waals surface area contributed by atoms with Crippen molar-refractivity contribution in [2.75, 3.05) is 4.72 Å². The van der Waals surface area contributed by atoms with Crippen LogP contribution in [-0.4, -0.2) is 22.6 Å². The zero-order valence-electron chi connectivity index (χ0n) is 14.6. The molecule has 0 atom stereocenters. The highest BCUT2D eigenvalue weighted by atomic mass is 32.2. The van der Waals surface area contributed by atoms with Crippen LogP contribution < -0.4 is 10.3 Å². The predicted octanol–water partition coefficient (Wildman–Crippen LogP) is 2.01. The molecule has 1 aromatic carbocycles. The minimum atomic E-state index is -3.81. The molecular formula is C17H20N4O3S. The van der Waals surface area contributed by atoms with Crippen LogP contribution in [0.3, 0.4) is 0 Å². The number of hydrogen-bond acceptors (Lipinski definition) is 4. The minimum Gasteiger partial charge on any atom is -0.297 e. The fourth-order valence-corrected chi connectivity index (χ4v) is 3.72. The molecule has 0 aliphatic carbocycles. The number of hydrogen-bond donors (Lipinski definition) is 1. The number of aromatic nitrogens is 3. The van der Waals surface area contributed by atoms with E-state index in [1.165, 1.54) is 21.3 Å². The van der Waals surface area contributed by atoms with Gasteiger partial charge in [0, 0.05) is 25.4 Å². The number of nitrogens with zero attached hydrogens (tertiary/aromatic N) is 3. The first-order valence-electron chi connectivity index (χ1n) is 7.91. The van der Waals surface area contributed by atoms with E-state index in [2.05, 4.69) is 9.82 Å². The third-order valence-corrected chi connectivity index (χ3v) is 5.59. The predicted molar refractivity (Wildman–Crippen MR) is 96.5 cm³/mol. The molecule has 3 aromatic rings. The Morgan fingerprint density at radius 1 is 1.16 bits per heavy atom.